The van der Waals surface area contributed by atoms with Gasteiger partial charge in [0.1, 0.15) is 30.8 Å². The first-order chi connectivity index (χ1) is 29.9. The molecule has 17 heteroatoms. The third-order valence-corrected chi connectivity index (χ3v) is 10.3. The molecular formula is C44H43N3O13S. The number of anilines is 1. The van der Waals surface area contributed by atoms with Crippen molar-refractivity contribution in [2.45, 2.75) is 44.9 Å². The van der Waals surface area contributed by atoms with Crippen molar-refractivity contribution in [3.63, 3.8) is 0 Å². The Bertz CT molecular complexity index is 2310. The first-order valence-electron chi connectivity index (χ1n) is 19.8. The minimum atomic E-state index is -0.679. The number of benzene rings is 4. The third-order valence-electron chi connectivity index (χ3n) is 9.30. The van der Waals surface area contributed by atoms with Crippen molar-refractivity contribution >= 4 is 50.4 Å². The second kappa shape index (κ2) is 20.2. The van der Waals surface area contributed by atoms with Gasteiger partial charge in [-0.25, -0.2) is 14.8 Å². The first-order valence-corrected chi connectivity index (χ1v) is 20.6. The van der Waals surface area contributed by atoms with Crippen LogP contribution < -0.4 is 24.0 Å². The van der Waals surface area contributed by atoms with Crippen molar-refractivity contribution in [2.75, 3.05) is 58.4 Å². The van der Waals surface area contributed by atoms with E-state index in [9.17, 15) is 14.4 Å². The molecule has 16 nitrogen and oxygen atoms in total. The van der Waals surface area contributed by atoms with E-state index in [0.29, 0.717) is 55.2 Å². The van der Waals surface area contributed by atoms with Crippen molar-refractivity contribution in [1.82, 2.24) is 4.98 Å². The van der Waals surface area contributed by atoms with Crippen LogP contribution in [0.2, 0.25) is 0 Å². The highest BCUT2D eigenvalue weighted by atomic mass is 32.1. The fourth-order valence-corrected chi connectivity index (χ4v) is 6.75. The number of fused-ring (bicyclic) bond motifs is 1. The van der Waals surface area contributed by atoms with Crippen LogP contribution in [-0.2, 0) is 39.6 Å². The van der Waals surface area contributed by atoms with Gasteiger partial charge in [0.05, 0.1) is 35.2 Å². The monoisotopic (exact) mass is 853 g/mol. The summed E-state index contributed by atoms with van der Waals surface area (Å²) in [6.07, 6.45) is 2.06. The summed E-state index contributed by atoms with van der Waals surface area (Å²) < 4.78 is 55.6. The molecule has 0 spiro atoms. The van der Waals surface area contributed by atoms with Gasteiger partial charge >= 0.3 is 5.97 Å². The molecule has 3 unspecified atom stereocenters. The summed E-state index contributed by atoms with van der Waals surface area (Å²) in [7, 11) is 0. The summed E-state index contributed by atoms with van der Waals surface area (Å²) in [4.78, 5) is 44.7. The number of thiazole rings is 1. The molecule has 4 heterocycles. The second-order valence-electron chi connectivity index (χ2n) is 14.0. The zero-order chi connectivity index (χ0) is 42.0. The van der Waals surface area contributed by atoms with Crippen molar-refractivity contribution in [1.29, 1.82) is 0 Å². The summed E-state index contributed by atoms with van der Waals surface area (Å²) in [5, 5.41) is 7.30. The van der Waals surface area contributed by atoms with Crippen LogP contribution in [0.25, 0.3) is 10.2 Å². The Morgan fingerprint density at radius 1 is 0.820 bits per heavy atom. The molecule has 1 aromatic heterocycles. The number of Topliss-reactive ketones (excluding diaryl/α,β-unsaturated/α-hetero) is 2. The van der Waals surface area contributed by atoms with E-state index in [4.69, 9.17) is 57.5 Å². The van der Waals surface area contributed by atoms with Gasteiger partial charge in [0.2, 0.25) is 16.7 Å². The van der Waals surface area contributed by atoms with Crippen LogP contribution in [-0.4, -0.2) is 101 Å². The maximum Gasteiger partial charge on any atom is 0.343 e. The molecule has 3 aliphatic heterocycles. The van der Waals surface area contributed by atoms with Crippen LogP contribution in [0.3, 0.4) is 0 Å². The Labute approximate surface area is 354 Å². The number of rotatable bonds is 25. The Kier molecular flexibility index (Phi) is 13.9. The molecule has 0 N–H and O–H groups in total. The van der Waals surface area contributed by atoms with E-state index in [1.54, 1.807) is 65.8 Å². The largest absolute Gasteiger partial charge is 0.468 e. The van der Waals surface area contributed by atoms with E-state index in [0.717, 1.165) is 22.2 Å². The molecule has 5 aromatic rings. The lowest BCUT2D eigenvalue weighted by molar-refractivity contribution is -0.115. The van der Waals surface area contributed by atoms with Gasteiger partial charge in [0, 0.05) is 24.1 Å². The molecule has 0 saturated carbocycles. The van der Waals surface area contributed by atoms with E-state index in [1.165, 1.54) is 17.4 Å². The predicted molar refractivity (Wildman–Crippen MR) is 221 cm³/mol. The maximum absolute atomic E-state index is 13.7. The standard InChI is InChI=1S/C44H43N3O13S/c1-2-17-47(44-46-34-5-3-4-6-39(34)61-44)45-20-31-18-28(7-14-35(48)42(49)29-9-12-32(13-10-29)55-25-51-21-33-22-52-33)8-15-36(31)60-43(50)30-11-16-37(56-26-58-40-23-53-40)38(19-30)57-27-59-41-24-54-41/h3-6,8-13,15-16,18-20,33,40-41H,2,7,14,17,21-27H2,1H3/b45-20+. The highest BCUT2D eigenvalue weighted by Crippen LogP contribution is 2.32. The summed E-state index contributed by atoms with van der Waals surface area (Å²) in [5.74, 6) is -0.567. The molecule has 3 aliphatic rings. The Morgan fingerprint density at radius 3 is 2.26 bits per heavy atom. The smallest absolute Gasteiger partial charge is 0.343 e. The zero-order valence-electron chi connectivity index (χ0n) is 33.2. The number of epoxide rings is 3. The number of esters is 1. The van der Waals surface area contributed by atoms with E-state index < -0.39 is 17.5 Å². The molecule has 0 bridgehead atoms. The van der Waals surface area contributed by atoms with Crippen molar-refractivity contribution < 1.29 is 61.8 Å². The van der Waals surface area contributed by atoms with Gasteiger partial charge in [-0.3, -0.25) is 9.59 Å². The fourth-order valence-electron chi connectivity index (χ4n) is 5.80. The average molecular weight is 854 g/mol. The lowest BCUT2D eigenvalue weighted by Crippen LogP contribution is -2.17. The van der Waals surface area contributed by atoms with Gasteiger partial charge in [-0.1, -0.05) is 36.5 Å². The number of carbonyl (C=O) groups excluding carboxylic acids is 3. The molecule has 0 amide bonds. The number of hydrogen-bond acceptors (Lipinski definition) is 17. The molecule has 61 heavy (non-hydrogen) atoms. The topological polar surface area (TPSA) is 182 Å². The van der Waals surface area contributed by atoms with Gasteiger partial charge in [-0.15, -0.1) is 0 Å². The van der Waals surface area contributed by atoms with Crippen LogP contribution in [0.15, 0.2) is 90.0 Å². The van der Waals surface area contributed by atoms with Crippen molar-refractivity contribution in [3.8, 4) is 23.0 Å². The molecular weight excluding hydrogens is 811 g/mol. The average Bonchev–Trinajstić information content (AvgIpc) is 4.17. The number of hydrazone groups is 1. The molecule has 3 saturated heterocycles. The lowest BCUT2D eigenvalue weighted by atomic mass is 10.00. The number of ether oxygens (including phenoxy) is 10. The third kappa shape index (κ3) is 12.2. The van der Waals surface area contributed by atoms with Gasteiger partial charge in [0.15, 0.2) is 44.5 Å². The summed E-state index contributed by atoms with van der Waals surface area (Å²) in [5.41, 5.74) is 2.47. The van der Waals surface area contributed by atoms with E-state index >= 15 is 0 Å². The molecule has 0 radical (unpaired) electrons. The Morgan fingerprint density at radius 2 is 1.54 bits per heavy atom. The van der Waals surface area contributed by atoms with E-state index in [-0.39, 0.29) is 74.5 Å². The van der Waals surface area contributed by atoms with Gasteiger partial charge in [-0.05, 0) is 85.1 Å². The summed E-state index contributed by atoms with van der Waals surface area (Å²) in [6.45, 7) is 4.56. The number of para-hydroxylation sites is 1. The normalized spacial score (nSPS) is 17.6. The SMILES string of the molecule is CCCN(/N=C/c1cc(CCC(=O)C(=O)c2ccc(OCOCC3CO3)cc2)ccc1OC(=O)c1ccc(OCOC2CO2)c(OCOC2CO2)c1)c1nc2ccccc2s1. The zero-order valence-corrected chi connectivity index (χ0v) is 34.0. The summed E-state index contributed by atoms with van der Waals surface area (Å²) in [6, 6.07) is 24.0. The first kappa shape index (κ1) is 41.9. The van der Waals surface area contributed by atoms with Crippen LogP contribution in [0.4, 0.5) is 5.13 Å². The number of hydrogen-bond donors (Lipinski definition) is 0. The van der Waals surface area contributed by atoms with Gasteiger partial charge < -0.3 is 47.4 Å². The van der Waals surface area contributed by atoms with Crippen LogP contribution in [0.1, 0.15) is 51.6 Å². The number of ketones is 2. The molecule has 4 aromatic carbocycles. The van der Waals surface area contributed by atoms with Gasteiger partial charge in [0.25, 0.3) is 0 Å². The van der Waals surface area contributed by atoms with Crippen molar-refractivity contribution in [2.24, 2.45) is 5.10 Å². The van der Waals surface area contributed by atoms with E-state index in [2.05, 4.69) is 0 Å². The number of aryl methyl sites for hydroxylation is 1. The van der Waals surface area contributed by atoms with Gasteiger partial charge in [-0.2, -0.15) is 5.10 Å². The number of carbonyl (C=O) groups is 3. The molecule has 3 fully saturated rings. The van der Waals surface area contributed by atoms with Crippen LogP contribution in [0, 0.1) is 0 Å². The van der Waals surface area contributed by atoms with Crippen molar-refractivity contribution in [3.05, 3.63) is 107 Å². The molecule has 8 rings (SSSR count). The quantitative estimate of drug-likeness (QED) is 0.00732. The van der Waals surface area contributed by atoms with Crippen LogP contribution >= 0.6 is 11.3 Å². The van der Waals surface area contributed by atoms with E-state index in [1.807, 2.05) is 31.2 Å². The Balaban J connectivity index is 0.976. The molecule has 0 aliphatic carbocycles. The Hall–Kier alpha value is -5.79. The number of aromatic nitrogens is 1. The fraction of sp³-hybridized carbons (Fsp3) is 0.341. The lowest BCUT2D eigenvalue weighted by Gasteiger charge is -2.16. The van der Waals surface area contributed by atoms with Crippen LogP contribution in [0.5, 0.6) is 23.0 Å². The number of nitrogens with zero attached hydrogens (tertiary/aromatic N) is 3. The highest BCUT2D eigenvalue weighted by Gasteiger charge is 2.26. The molecule has 3 atom stereocenters. The second-order valence-corrected chi connectivity index (χ2v) is 15.0. The minimum Gasteiger partial charge on any atom is -0.468 e. The summed E-state index contributed by atoms with van der Waals surface area (Å²) >= 11 is 1.52. The minimum absolute atomic E-state index is 0.0493. The molecule has 318 valence electrons. The predicted octanol–water partition coefficient (Wildman–Crippen LogP) is 6.32. The maximum atomic E-state index is 13.7. The highest BCUT2D eigenvalue weighted by molar-refractivity contribution is 7.22.